The van der Waals surface area contributed by atoms with Crippen molar-refractivity contribution >= 4 is 17.6 Å². The number of nitrogens with zero attached hydrogens (tertiary/aromatic N) is 2. The molecular formula is C22H21ClN2O5. The van der Waals surface area contributed by atoms with Gasteiger partial charge < -0.3 is 18.7 Å². The van der Waals surface area contributed by atoms with Crippen LogP contribution in [0.3, 0.4) is 0 Å². The second kappa shape index (κ2) is 8.36. The van der Waals surface area contributed by atoms with Crippen molar-refractivity contribution < 1.29 is 23.5 Å². The number of hydrogen-bond donors (Lipinski definition) is 0. The monoisotopic (exact) mass is 428 g/mol. The topological polar surface area (TPSA) is 83.7 Å². The van der Waals surface area contributed by atoms with Gasteiger partial charge >= 0.3 is 5.97 Å². The summed E-state index contributed by atoms with van der Waals surface area (Å²) in [6, 6.07) is 12.6. The predicted octanol–water partition coefficient (Wildman–Crippen LogP) is 4.57. The Hall–Kier alpha value is -3.06. The molecule has 1 heterocycles. The van der Waals surface area contributed by atoms with E-state index in [1.54, 1.807) is 44.6 Å². The maximum Gasteiger partial charge on any atom is 0.317 e. The molecule has 8 heteroatoms. The summed E-state index contributed by atoms with van der Waals surface area (Å²) in [6.45, 7) is -0.0976. The van der Waals surface area contributed by atoms with Crippen LogP contribution in [0.5, 0.6) is 11.5 Å². The lowest BCUT2D eigenvalue weighted by molar-refractivity contribution is -0.156. The van der Waals surface area contributed by atoms with Crippen molar-refractivity contribution in [1.29, 1.82) is 0 Å². The summed E-state index contributed by atoms with van der Waals surface area (Å²) in [4.78, 5) is 17.2. The highest BCUT2D eigenvalue weighted by Gasteiger charge is 2.47. The van der Waals surface area contributed by atoms with Crippen molar-refractivity contribution in [3.8, 4) is 22.9 Å². The van der Waals surface area contributed by atoms with E-state index in [9.17, 15) is 4.79 Å². The summed E-state index contributed by atoms with van der Waals surface area (Å²) < 4.78 is 21.4. The predicted molar refractivity (Wildman–Crippen MR) is 110 cm³/mol. The maximum atomic E-state index is 12.9. The summed E-state index contributed by atoms with van der Waals surface area (Å²) in [6.07, 6.45) is 2.46. The summed E-state index contributed by atoms with van der Waals surface area (Å²) in [5, 5.41) is 4.61. The van der Waals surface area contributed by atoms with Crippen LogP contribution >= 0.6 is 11.6 Å². The Morgan fingerprint density at radius 3 is 2.53 bits per heavy atom. The lowest BCUT2D eigenvalue weighted by Gasteiger charge is -2.39. The van der Waals surface area contributed by atoms with Crippen LogP contribution in [-0.2, 0) is 21.6 Å². The third-order valence-electron chi connectivity index (χ3n) is 5.44. The SMILES string of the molecule is COc1ccc(-c2noc(COC(=O)C3(c4ccc(Cl)cc4)CCC3)n2)c(OC)c1. The molecule has 0 aliphatic heterocycles. The Balaban J connectivity index is 1.47. The van der Waals surface area contributed by atoms with Gasteiger partial charge in [-0.2, -0.15) is 4.98 Å². The minimum Gasteiger partial charge on any atom is -0.497 e. The highest BCUT2D eigenvalue weighted by atomic mass is 35.5. The molecule has 0 unspecified atom stereocenters. The molecule has 1 aromatic heterocycles. The zero-order valence-corrected chi connectivity index (χ0v) is 17.4. The number of carbonyl (C=O) groups is 1. The van der Waals surface area contributed by atoms with E-state index < -0.39 is 5.41 Å². The van der Waals surface area contributed by atoms with Gasteiger partial charge in [0, 0.05) is 11.1 Å². The van der Waals surface area contributed by atoms with Crippen LogP contribution in [0.1, 0.15) is 30.7 Å². The molecule has 0 radical (unpaired) electrons. The number of rotatable bonds is 7. The van der Waals surface area contributed by atoms with Gasteiger partial charge in [0.1, 0.15) is 11.5 Å². The molecular weight excluding hydrogens is 408 g/mol. The normalized spacial score (nSPS) is 14.6. The lowest BCUT2D eigenvalue weighted by atomic mass is 9.64. The van der Waals surface area contributed by atoms with E-state index in [2.05, 4.69) is 10.1 Å². The fraction of sp³-hybridized carbons (Fsp3) is 0.318. The Kier molecular flexibility index (Phi) is 5.63. The number of halogens is 1. The molecule has 0 N–H and O–H groups in total. The van der Waals surface area contributed by atoms with Crippen molar-refractivity contribution in [3.63, 3.8) is 0 Å². The molecule has 0 bridgehead atoms. The molecule has 1 aliphatic carbocycles. The quantitative estimate of drug-likeness (QED) is 0.509. The van der Waals surface area contributed by atoms with E-state index in [0.717, 1.165) is 24.8 Å². The van der Waals surface area contributed by atoms with Crippen LogP contribution in [0, 0.1) is 0 Å². The van der Waals surface area contributed by atoms with Crippen LogP contribution in [0.4, 0.5) is 0 Å². The Morgan fingerprint density at radius 2 is 1.90 bits per heavy atom. The van der Waals surface area contributed by atoms with E-state index in [1.807, 2.05) is 12.1 Å². The van der Waals surface area contributed by atoms with Gasteiger partial charge in [-0.15, -0.1) is 0 Å². The first-order valence-electron chi connectivity index (χ1n) is 9.54. The molecule has 4 rings (SSSR count). The van der Waals surface area contributed by atoms with Gasteiger partial charge in [-0.25, -0.2) is 0 Å². The molecule has 0 spiro atoms. The fourth-order valence-electron chi connectivity index (χ4n) is 3.58. The third-order valence-corrected chi connectivity index (χ3v) is 5.69. The maximum absolute atomic E-state index is 12.9. The zero-order valence-electron chi connectivity index (χ0n) is 16.7. The Morgan fingerprint density at radius 1 is 1.13 bits per heavy atom. The van der Waals surface area contributed by atoms with Crippen LogP contribution in [-0.4, -0.2) is 30.3 Å². The summed E-state index contributed by atoms with van der Waals surface area (Å²) >= 11 is 5.98. The molecule has 7 nitrogen and oxygen atoms in total. The average molecular weight is 429 g/mol. The van der Waals surface area contributed by atoms with Crippen LogP contribution in [0.2, 0.25) is 5.02 Å². The van der Waals surface area contributed by atoms with E-state index >= 15 is 0 Å². The van der Waals surface area contributed by atoms with Crippen molar-refractivity contribution in [2.75, 3.05) is 14.2 Å². The molecule has 1 saturated carbocycles. The van der Waals surface area contributed by atoms with Gasteiger partial charge in [-0.3, -0.25) is 4.79 Å². The third kappa shape index (κ3) is 3.73. The van der Waals surface area contributed by atoms with E-state index in [0.29, 0.717) is 27.9 Å². The van der Waals surface area contributed by atoms with E-state index in [-0.39, 0.29) is 18.5 Å². The Labute approximate surface area is 178 Å². The van der Waals surface area contributed by atoms with Gasteiger partial charge in [0.2, 0.25) is 5.82 Å². The van der Waals surface area contributed by atoms with Crippen LogP contribution < -0.4 is 9.47 Å². The summed E-state index contributed by atoms with van der Waals surface area (Å²) in [5.41, 5.74) is 0.931. The Bertz CT molecular complexity index is 1040. The molecule has 2 aromatic carbocycles. The molecule has 30 heavy (non-hydrogen) atoms. The number of hydrogen-bond acceptors (Lipinski definition) is 7. The first kappa shape index (κ1) is 20.2. The number of benzene rings is 2. The van der Waals surface area contributed by atoms with Crippen molar-refractivity contribution in [3.05, 3.63) is 58.9 Å². The lowest BCUT2D eigenvalue weighted by Crippen LogP contribution is -2.43. The van der Waals surface area contributed by atoms with E-state index in [1.165, 1.54) is 0 Å². The van der Waals surface area contributed by atoms with Crippen LogP contribution in [0.25, 0.3) is 11.4 Å². The van der Waals surface area contributed by atoms with Crippen molar-refractivity contribution in [2.45, 2.75) is 31.3 Å². The van der Waals surface area contributed by atoms with Gasteiger partial charge in [0.05, 0.1) is 25.2 Å². The zero-order chi connectivity index (χ0) is 21.1. The van der Waals surface area contributed by atoms with Crippen molar-refractivity contribution in [1.82, 2.24) is 10.1 Å². The standard InChI is InChI=1S/C22H21ClN2O5/c1-27-16-8-9-17(18(12-16)28-2)20-24-19(30-25-20)13-29-21(26)22(10-3-11-22)14-4-6-15(23)7-5-14/h4-9,12H,3,10-11,13H2,1-2H3. The first-order valence-corrected chi connectivity index (χ1v) is 9.92. The van der Waals surface area contributed by atoms with Crippen LogP contribution in [0.15, 0.2) is 47.0 Å². The van der Waals surface area contributed by atoms with Gasteiger partial charge in [0.15, 0.2) is 6.61 Å². The first-order chi connectivity index (χ1) is 14.6. The van der Waals surface area contributed by atoms with Gasteiger partial charge in [-0.05, 0) is 42.7 Å². The number of aromatic nitrogens is 2. The molecule has 1 aliphatic rings. The number of ether oxygens (including phenoxy) is 3. The number of esters is 1. The average Bonchev–Trinajstić information content (AvgIpc) is 3.21. The fourth-order valence-corrected chi connectivity index (χ4v) is 3.71. The highest BCUT2D eigenvalue weighted by molar-refractivity contribution is 6.30. The summed E-state index contributed by atoms with van der Waals surface area (Å²) in [5.74, 6) is 1.47. The molecule has 0 atom stereocenters. The second-order valence-corrected chi connectivity index (χ2v) is 7.53. The molecule has 156 valence electrons. The molecule has 3 aromatic rings. The second-order valence-electron chi connectivity index (χ2n) is 7.10. The number of methoxy groups -OCH3 is 2. The molecule has 0 amide bonds. The largest absolute Gasteiger partial charge is 0.497 e. The van der Waals surface area contributed by atoms with Gasteiger partial charge in [-0.1, -0.05) is 35.3 Å². The summed E-state index contributed by atoms with van der Waals surface area (Å²) in [7, 11) is 3.13. The smallest absolute Gasteiger partial charge is 0.317 e. The minimum atomic E-state index is -0.632. The molecule has 0 saturated heterocycles. The van der Waals surface area contributed by atoms with Crippen molar-refractivity contribution in [2.24, 2.45) is 0 Å². The minimum absolute atomic E-state index is 0.0976. The molecule has 1 fully saturated rings. The van der Waals surface area contributed by atoms with E-state index in [4.69, 9.17) is 30.3 Å². The number of carbonyl (C=O) groups excluding carboxylic acids is 1. The van der Waals surface area contributed by atoms with Gasteiger partial charge in [0.25, 0.3) is 5.89 Å². The highest BCUT2D eigenvalue weighted by Crippen LogP contribution is 2.45.